The van der Waals surface area contributed by atoms with Crippen LogP contribution in [0.25, 0.3) is 0 Å². The number of hydrogen-bond acceptors (Lipinski definition) is 5. The van der Waals surface area contributed by atoms with Gasteiger partial charge in [0.25, 0.3) is 0 Å². The number of nitrogens with one attached hydrogen (secondary N) is 2. The summed E-state index contributed by atoms with van der Waals surface area (Å²) in [5.74, 6) is 5.35. The van der Waals surface area contributed by atoms with E-state index in [9.17, 15) is 8.42 Å². The van der Waals surface area contributed by atoms with Crippen LogP contribution in [0.5, 0.6) is 0 Å². The Morgan fingerprint density at radius 3 is 2.53 bits per heavy atom. The van der Waals surface area contributed by atoms with Crippen LogP contribution in [0.1, 0.15) is 19.8 Å². The molecule has 0 saturated carbocycles. The van der Waals surface area contributed by atoms with Crippen LogP contribution in [0.2, 0.25) is 0 Å². The Bertz CT molecular complexity index is 539. The van der Waals surface area contributed by atoms with E-state index in [-0.39, 0.29) is 4.90 Å². The summed E-state index contributed by atoms with van der Waals surface area (Å²) in [5.41, 5.74) is 2.31. The maximum atomic E-state index is 12.4. The summed E-state index contributed by atoms with van der Waals surface area (Å²) < 4.78 is 32.9. The molecule has 0 atom stereocenters. The lowest BCUT2D eigenvalue weighted by Crippen LogP contribution is -2.49. The molecule has 19 heavy (non-hydrogen) atoms. The predicted molar refractivity (Wildman–Crippen MR) is 73.0 cm³/mol. The topological polar surface area (TPSA) is 93.5 Å². The van der Waals surface area contributed by atoms with Crippen molar-refractivity contribution < 1.29 is 13.2 Å². The first-order valence-electron chi connectivity index (χ1n) is 6.14. The van der Waals surface area contributed by atoms with Gasteiger partial charge in [0.2, 0.25) is 10.0 Å². The van der Waals surface area contributed by atoms with Gasteiger partial charge in [-0.25, -0.2) is 13.1 Å². The molecule has 1 aliphatic heterocycles. The number of nitrogens with two attached hydrogens (primary N) is 1. The second kappa shape index (κ2) is 5.46. The van der Waals surface area contributed by atoms with Gasteiger partial charge in [-0.15, -0.1) is 0 Å². The Morgan fingerprint density at radius 2 is 1.89 bits per heavy atom. The molecule has 4 N–H and O–H groups in total. The van der Waals surface area contributed by atoms with Gasteiger partial charge < -0.3 is 10.2 Å². The highest BCUT2D eigenvalue weighted by Gasteiger charge is 2.33. The van der Waals surface area contributed by atoms with Gasteiger partial charge in [0.05, 0.1) is 5.69 Å². The zero-order valence-electron chi connectivity index (χ0n) is 10.8. The number of benzene rings is 1. The fourth-order valence-electron chi connectivity index (χ4n) is 2.12. The molecule has 2 rings (SSSR count). The fourth-order valence-corrected chi connectivity index (χ4v) is 3.76. The van der Waals surface area contributed by atoms with E-state index < -0.39 is 15.6 Å². The summed E-state index contributed by atoms with van der Waals surface area (Å²) in [6.07, 6.45) is 1.31. The van der Waals surface area contributed by atoms with Gasteiger partial charge in [0, 0.05) is 18.8 Å². The number of sulfonamides is 1. The summed E-state index contributed by atoms with van der Waals surface area (Å²) in [6.45, 7) is 3.02. The van der Waals surface area contributed by atoms with Crippen molar-refractivity contribution >= 4 is 15.7 Å². The molecular weight excluding hydrogens is 266 g/mol. The second-order valence-corrected chi connectivity index (χ2v) is 6.57. The van der Waals surface area contributed by atoms with Crippen LogP contribution in [-0.4, -0.2) is 27.2 Å². The van der Waals surface area contributed by atoms with Crippen molar-refractivity contribution in [2.75, 3.05) is 18.6 Å². The number of hydrogen-bond donors (Lipinski definition) is 3. The number of nitrogen functional groups attached to an aromatic ring is 1. The molecule has 1 fully saturated rings. The van der Waals surface area contributed by atoms with Crippen molar-refractivity contribution in [2.24, 2.45) is 5.84 Å². The van der Waals surface area contributed by atoms with E-state index in [0.717, 1.165) is 0 Å². The van der Waals surface area contributed by atoms with Crippen molar-refractivity contribution in [1.82, 2.24) is 4.72 Å². The van der Waals surface area contributed by atoms with Gasteiger partial charge in [-0.3, -0.25) is 5.84 Å². The summed E-state index contributed by atoms with van der Waals surface area (Å²) >= 11 is 0. The normalized spacial score (nSPS) is 19.1. The van der Waals surface area contributed by atoms with Crippen molar-refractivity contribution in [3.05, 3.63) is 24.3 Å². The highest BCUT2D eigenvalue weighted by atomic mass is 32.2. The van der Waals surface area contributed by atoms with Crippen LogP contribution >= 0.6 is 0 Å². The zero-order valence-corrected chi connectivity index (χ0v) is 11.7. The Labute approximate surface area is 113 Å². The van der Waals surface area contributed by atoms with Gasteiger partial charge >= 0.3 is 0 Å². The lowest BCUT2D eigenvalue weighted by molar-refractivity contribution is 0.0537. The lowest BCUT2D eigenvalue weighted by atomic mass is 9.94. The van der Waals surface area contributed by atoms with Crippen LogP contribution in [0.4, 0.5) is 5.69 Å². The van der Waals surface area contributed by atoms with E-state index >= 15 is 0 Å². The molecule has 0 amide bonds. The van der Waals surface area contributed by atoms with E-state index in [1.54, 1.807) is 18.2 Å². The van der Waals surface area contributed by atoms with Gasteiger partial charge in [0.15, 0.2) is 0 Å². The predicted octanol–water partition coefficient (Wildman–Crippen LogP) is 0.820. The molecule has 1 aromatic carbocycles. The maximum absolute atomic E-state index is 12.4. The van der Waals surface area contributed by atoms with Gasteiger partial charge in [0.1, 0.15) is 4.90 Å². The van der Waals surface area contributed by atoms with E-state index in [4.69, 9.17) is 10.6 Å². The van der Waals surface area contributed by atoms with Crippen molar-refractivity contribution in [3.8, 4) is 0 Å². The quantitative estimate of drug-likeness (QED) is 0.562. The third kappa shape index (κ3) is 3.24. The molecular formula is C12H19N3O3S. The average molecular weight is 285 g/mol. The molecule has 0 aliphatic carbocycles. The van der Waals surface area contributed by atoms with E-state index in [0.29, 0.717) is 31.7 Å². The molecule has 1 heterocycles. The molecule has 6 nitrogen and oxygen atoms in total. The molecule has 0 radical (unpaired) electrons. The number of anilines is 1. The van der Waals surface area contributed by atoms with Crippen molar-refractivity contribution in [2.45, 2.75) is 30.2 Å². The molecule has 1 aliphatic rings. The number of rotatable bonds is 4. The minimum absolute atomic E-state index is 0.158. The summed E-state index contributed by atoms with van der Waals surface area (Å²) in [7, 11) is -3.61. The lowest BCUT2D eigenvalue weighted by Gasteiger charge is -2.34. The SMILES string of the molecule is CC1(NS(=O)(=O)c2ccccc2NN)CCOCC1. The van der Waals surface area contributed by atoms with Gasteiger partial charge in [-0.2, -0.15) is 0 Å². The van der Waals surface area contributed by atoms with Crippen LogP contribution in [-0.2, 0) is 14.8 Å². The molecule has 7 heteroatoms. The fraction of sp³-hybridized carbons (Fsp3) is 0.500. The van der Waals surface area contributed by atoms with Crippen LogP contribution in [0.15, 0.2) is 29.2 Å². The third-order valence-electron chi connectivity index (χ3n) is 3.31. The first-order valence-corrected chi connectivity index (χ1v) is 7.63. The highest BCUT2D eigenvalue weighted by molar-refractivity contribution is 7.89. The molecule has 106 valence electrons. The Morgan fingerprint density at radius 1 is 1.26 bits per heavy atom. The average Bonchev–Trinajstić information content (AvgIpc) is 2.38. The minimum Gasteiger partial charge on any atom is -0.381 e. The number of ether oxygens (including phenoxy) is 1. The van der Waals surface area contributed by atoms with Crippen molar-refractivity contribution in [3.63, 3.8) is 0 Å². The number of para-hydroxylation sites is 1. The Balaban J connectivity index is 2.27. The largest absolute Gasteiger partial charge is 0.381 e. The van der Waals surface area contributed by atoms with E-state index in [1.165, 1.54) is 6.07 Å². The maximum Gasteiger partial charge on any atom is 0.243 e. The van der Waals surface area contributed by atoms with E-state index in [1.807, 2.05) is 6.92 Å². The third-order valence-corrected chi connectivity index (χ3v) is 5.01. The standard InChI is InChI=1S/C12H19N3O3S/c1-12(6-8-18-9-7-12)15-19(16,17)11-5-3-2-4-10(11)14-13/h2-5,14-15H,6-9,13H2,1H3. The van der Waals surface area contributed by atoms with Crippen LogP contribution in [0, 0.1) is 0 Å². The molecule has 0 spiro atoms. The monoisotopic (exact) mass is 285 g/mol. The van der Waals surface area contributed by atoms with Crippen LogP contribution < -0.4 is 16.0 Å². The Kier molecular flexibility index (Phi) is 4.10. The highest BCUT2D eigenvalue weighted by Crippen LogP contribution is 2.25. The summed E-state index contributed by atoms with van der Waals surface area (Å²) in [4.78, 5) is 0.158. The van der Waals surface area contributed by atoms with E-state index in [2.05, 4.69) is 10.1 Å². The second-order valence-electron chi connectivity index (χ2n) is 4.92. The smallest absolute Gasteiger partial charge is 0.243 e. The molecule has 0 bridgehead atoms. The van der Waals surface area contributed by atoms with Gasteiger partial charge in [-0.1, -0.05) is 12.1 Å². The van der Waals surface area contributed by atoms with Crippen LogP contribution in [0.3, 0.4) is 0 Å². The van der Waals surface area contributed by atoms with Gasteiger partial charge in [-0.05, 0) is 31.9 Å². The molecule has 0 aromatic heterocycles. The molecule has 1 aromatic rings. The molecule has 1 saturated heterocycles. The first-order chi connectivity index (χ1) is 8.97. The number of hydrazine groups is 1. The van der Waals surface area contributed by atoms with Crippen molar-refractivity contribution in [1.29, 1.82) is 0 Å². The zero-order chi connectivity index (χ0) is 13.9. The Hall–Kier alpha value is -1.15. The molecule has 0 unspecified atom stereocenters. The summed E-state index contributed by atoms with van der Waals surface area (Å²) in [5, 5.41) is 0. The first kappa shape index (κ1) is 14.3. The summed E-state index contributed by atoms with van der Waals surface area (Å²) in [6, 6.07) is 6.55. The minimum atomic E-state index is -3.61.